The first-order valence-electron chi connectivity index (χ1n) is 7.14. The predicted molar refractivity (Wildman–Crippen MR) is 77.4 cm³/mol. The molecule has 0 amide bonds. The van der Waals surface area contributed by atoms with Crippen molar-refractivity contribution in [1.29, 1.82) is 0 Å². The fourth-order valence-electron chi connectivity index (χ4n) is 3.46. The van der Waals surface area contributed by atoms with Gasteiger partial charge in [-0.15, -0.1) is 0 Å². The maximum atomic E-state index is 13.6. The van der Waals surface area contributed by atoms with Crippen LogP contribution in [-0.4, -0.2) is 36.6 Å². The van der Waals surface area contributed by atoms with Crippen molar-refractivity contribution in [1.82, 2.24) is 4.90 Å². The summed E-state index contributed by atoms with van der Waals surface area (Å²) in [7, 11) is 0. The Morgan fingerprint density at radius 2 is 2.16 bits per heavy atom. The van der Waals surface area contributed by atoms with E-state index in [0.717, 1.165) is 25.2 Å². The molecule has 2 nitrogen and oxygen atoms in total. The Morgan fingerprint density at radius 3 is 2.89 bits per heavy atom. The maximum Gasteiger partial charge on any atom is 0.126 e. The summed E-state index contributed by atoms with van der Waals surface area (Å²) in [4.78, 5) is 4.94. The summed E-state index contributed by atoms with van der Waals surface area (Å²) < 4.78 is 13.6. The Bertz CT molecular complexity index is 445. The summed E-state index contributed by atoms with van der Waals surface area (Å²) in [6.07, 6.45) is 3.63. The Hall–Kier alpha value is -0.800. The van der Waals surface area contributed by atoms with Gasteiger partial charge in [-0.2, -0.15) is 0 Å². The van der Waals surface area contributed by atoms with Gasteiger partial charge in [-0.1, -0.05) is 18.5 Å². The van der Waals surface area contributed by atoms with Gasteiger partial charge in [-0.3, -0.25) is 4.90 Å². The lowest BCUT2D eigenvalue weighted by atomic mass is 10.0. The van der Waals surface area contributed by atoms with E-state index in [1.807, 2.05) is 6.07 Å². The molecule has 0 saturated carbocycles. The van der Waals surface area contributed by atoms with Crippen LogP contribution in [0.5, 0.6) is 0 Å². The minimum atomic E-state index is -0.244. The first-order valence-corrected chi connectivity index (χ1v) is 7.52. The molecule has 19 heavy (non-hydrogen) atoms. The summed E-state index contributed by atoms with van der Waals surface area (Å²) in [6, 6.07) is 5.96. The number of nitrogens with zero attached hydrogens (tertiary/aromatic N) is 2. The lowest BCUT2D eigenvalue weighted by Crippen LogP contribution is -2.56. The van der Waals surface area contributed by atoms with Gasteiger partial charge in [0.05, 0.1) is 0 Å². The molecule has 2 fully saturated rings. The molecule has 0 spiro atoms. The molecule has 2 unspecified atom stereocenters. The molecule has 1 aromatic rings. The quantitative estimate of drug-likeness (QED) is 0.819. The molecule has 0 bridgehead atoms. The van der Waals surface area contributed by atoms with Crippen LogP contribution in [0, 0.1) is 5.82 Å². The summed E-state index contributed by atoms with van der Waals surface area (Å²) >= 11 is 5.99. The number of fused-ring (bicyclic) bond motifs is 1. The number of anilines is 1. The second-order valence-electron chi connectivity index (χ2n) is 5.63. The molecule has 2 atom stereocenters. The van der Waals surface area contributed by atoms with Gasteiger partial charge in [0, 0.05) is 35.9 Å². The zero-order valence-corrected chi connectivity index (χ0v) is 12.0. The molecule has 1 aromatic carbocycles. The second-order valence-corrected chi connectivity index (χ2v) is 6.07. The van der Waals surface area contributed by atoms with Crippen LogP contribution in [0.2, 0.25) is 5.02 Å². The molecular formula is C15H20ClFN2. The van der Waals surface area contributed by atoms with Crippen LogP contribution in [0.3, 0.4) is 0 Å². The topological polar surface area (TPSA) is 6.48 Å². The lowest BCUT2D eigenvalue weighted by Gasteiger charge is -2.45. The third-order valence-electron chi connectivity index (χ3n) is 4.44. The van der Waals surface area contributed by atoms with Gasteiger partial charge in [-0.05, 0) is 44.0 Å². The van der Waals surface area contributed by atoms with Gasteiger partial charge in [-0.25, -0.2) is 4.39 Å². The highest BCUT2D eigenvalue weighted by Gasteiger charge is 2.35. The summed E-state index contributed by atoms with van der Waals surface area (Å²) in [5.74, 6) is -0.244. The van der Waals surface area contributed by atoms with Crippen molar-refractivity contribution in [2.45, 2.75) is 38.3 Å². The number of rotatable bonds is 2. The van der Waals surface area contributed by atoms with Crippen LogP contribution < -0.4 is 4.90 Å². The normalized spacial score (nSPS) is 27.6. The van der Waals surface area contributed by atoms with Crippen LogP contribution in [0.25, 0.3) is 0 Å². The van der Waals surface area contributed by atoms with Gasteiger partial charge in [0.1, 0.15) is 5.82 Å². The van der Waals surface area contributed by atoms with E-state index in [2.05, 4.69) is 16.7 Å². The fourth-order valence-corrected chi connectivity index (χ4v) is 3.67. The first kappa shape index (κ1) is 13.2. The van der Waals surface area contributed by atoms with Crippen LogP contribution in [0.4, 0.5) is 10.1 Å². The van der Waals surface area contributed by atoms with Gasteiger partial charge in [0.25, 0.3) is 0 Å². The summed E-state index contributed by atoms with van der Waals surface area (Å²) in [5, 5.41) is 0.485. The van der Waals surface area contributed by atoms with Gasteiger partial charge < -0.3 is 4.90 Å². The van der Waals surface area contributed by atoms with Crippen molar-refractivity contribution >= 4 is 17.3 Å². The number of hydrogen-bond acceptors (Lipinski definition) is 2. The first-order chi connectivity index (χ1) is 9.17. The molecule has 4 heteroatoms. The molecular weight excluding hydrogens is 263 g/mol. The number of hydrogen-bond donors (Lipinski definition) is 0. The summed E-state index contributed by atoms with van der Waals surface area (Å²) in [5.41, 5.74) is 0.934. The van der Waals surface area contributed by atoms with Crippen molar-refractivity contribution in [3.63, 3.8) is 0 Å². The Balaban J connectivity index is 1.88. The van der Waals surface area contributed by atoms with Crippen molar-refractivity contribution < 1.29 is 4.39 Å². The van der Waals surface area contributed by atoms with Crippen molar-refractivity contribution in [3.05, 3.63) is 29.0 Å². The van der Waals surface area contributed by atoms with E-state index in [1.165, 1.54) is 25.5 Å². The molecule has 0 radical (unpaired) electrons. The smallest absolute Gasteiger partial charge is 0.126 e. The zero-order valence-electron chi connectivity index (χ0n) is 11.3. The van der Waals surface area contributed by atoms with E-state index >= 15 is 0 Å². The summed E-state index contributed by atoms with van der Waals surface area (Å²) in [6.45, 7) is 5.52. The Morgan fingerprint density at radius 1 is 1.32 bits per heavy atom. The number of benzene rings is 1. The molecule has 2 heterocycles. The van der Waals surface area contributed by atoms with E-state index in [4.69, 9.17) is 11.6 Å². The largest absolute Gasteiger partial charge is 0.366 e. The molecule has 2 aliphatic heterocycles. The van der Waals surface area contributed by atoms with Gasteiger partial charge >= 0.3 is 0 Å². The molecule has 3 rings (SSSR count). The SMILES string of the molecule is CCC1CN2CCCC2CN1c1cc(F)cc(Cl)c1. The van der Waals surface area contributed by atoms with E-state index in [1.54, 1.807) is 6.07 Å². The standard InChI is InChI=1S/C15H20ClFN2/c1-2-13-9-18-5-3-4-14(18)10-19(13)15-7-11(16)6-12(17)8-15/h6-8,13-14H,2-5,9-10H2,1H3. The predicted octanol–water partition coefficient (Wildman–Crippen LogP) is 3.54. The van der Waals surface area contributed by atoms with E-state index in [0.29, 0.717) is 17.1 Å². The Kier molecular flexibility index (Phi) is 3.68. The highest BCUT2D eigenvalue weighted by atomic mass is 35.5. The minimum absolute atomic E-state index is 0.244. The van der Waals surface area contributed by atoms with E-state index in [9.17, 15) is 4.39 Å². The highest BCUT2D eigenvalue weighted by Crippen LogP contribution is 2.31. The molecule has 2 saturated heterocycles. The third-order valence-corrected chi connectivity index (χ3v) is 4.66. The molecule has 104 valence electrons. The van der Waals surface area contributed by atoms with Crippen LogP contribution >= 0.6 is 11.6 Å². The van der Waals surface area contributed by atoms with Crippen molar-refractivity contribution in [2.75, 3.05) is 24.5 Å². The highest BCUT2D eigenvalue weighted by molar-refractivity contribution is 6.30. The number of halogens is 2. The van der Waals surface area contributed by atoms with E-state index in [-0.39, 0.29) is 5.82 Å². The fraction of sp³-hybridized carbons (Fsp3) is 0.600. The van der Waals surface area contributed by atoms with Crippen LogP contribution in [0.15, 0.2) is 18.2 Å². The van der Waals surface area contributed by atoms with Gasteiger partial charge in [0.15, 0.2) is 0 Å². The molecule has 0 N–H and O–H groups in total. The van der Waals surface area contributed by atoms with E-state index < -0.39 is 0 Å². The van der Waals surface area contributed by atoms with Crippen LogP contribution in [0.1, 0.15) is 26.2 Å². The monoisotopic (exact) mass is 282 g/mol. The molecule has 0 aromatic heterocycles. The minimum Gasteiger partial charge on any atom is -0.366 e. The average Bonchev–Trinajstić information content (AvgIpc) is 2.83. The molecule has 2 aliphatic rings. The van der Waals surface area contributed by atoms with Crippen molar-refractivity contribution in [2.24, 2.45) is 0 Å². The molecule has 0 aliphatic carbocycles. The van der Waals surface area contributed by atoms with Crippen molar-refractivity contribution in [3.8, 4) is 0 Å². The Labute approximate surface area is 119 Å². The second kappa shape index (κ2) is 5.29. The lowest BCUT2D eigenvalue weighted by molar-refractivity contribution is 0.194. The maximum absolute atomic E-state index is 13.6. The number of piperazine rings is 1. The zero-order chi connectivity index (χ0) is 13.4. The van der Waals surface area contributed by atoms with Crippen LogP contribution in [-0.2, 0) is 0 Å². The third kappa shape index (κ3) is 2.59. The van der Waals surface area contributed by atoms with Gasteiger partial charge in [0.2, 0.25) is 0 Å². The average molecular weight is 283 g/mol.